The predicted molar refractivity (Wildman–Crippen MR) is 87.7 cm³/mol. The summed E-state index contributed by atoms with van der Waals surface area (Å²) in [6.07, 6.45) is 3.32. The number of aryl methyl sites for hydroxylation is 1. The molecule has 1 aromatic heterocycles. The standard InChI is InChI=1S/C16H19BrO2S/c1-19-16-8-7-12(11-15(16)17)10-13(18)4-2-5-14-6-3-9-20-14/h3,6-9,11,13,18H,2,4-5,10H2,1H3. The Kier molecular flexibility index (Phi) is 6.07. The molecule has 4 heteroatoms. The van der Waals surface area contributed by atoms with Gasteiger partial charge in [0.1, 0.15) is 5.75 Å². The van der Waals surface area contributed by atoms with Crippen LogP contribution in [-0.2, 0) is 12.8 Å². The minimum Gasteiger partial charge on any atom is -0.496 e. The lowest BCUT2D eigenvalue weighted by atomic mass is 10.0. The fourth-order valence-electron chi connectivity index (χ4n) is 2.18. The van der Waals surface area contributed by atoms with Crippen LogP contribution in [0, 0.1) is 0 Å². The minimum absolute atomic E-state index is 0.282. The van der Waals surface area contributed by atoms with E-state index in [4.69, 9.17) is 4.74 Å². The first kappa shape index (κ1) is 15.5. The van der Waals surface area contributed by atoms with E-state index < -0.39 is 0 Å². The number of ether oxygens (including phenoxy) is 1. The zero-order chi connectivity index (χ0) is 14.4. The molecule has 1 atom stereocenters. The Balaban J connectivity index is 1.79. The van der Waals surface area contributed by atoms with Gasteiger partial charge in [0.15, 0.2) is 0 Å². The van der Waals surface area contributed by atoms with Gasteiger partial charge in [-0.2, -0.15) is 0 Å². The molecule has 0 aliphatic heterocycles. The van der Waals surface area contributed by atoms with E-state index in [1.165, 1.54) is 4.88 Å². The van der Waals surface area contributed by atoms with Crippen LogP contribution >= 0.6 is 27.3 Å². The van der Waals surface area contributed by atoms with Gasteiger partial charge in [-0.05, 0) is 70.8 Å². The maximum atomic E-state index is 10.1. The van der Waals surface area contributed by atoms with Gasteiger partial charge in [-0.15, -0.1) is 11.3 Å². The summed E-state index contributed by atoms with van der Waals surface area (Å²) in [4.78, 5) is 1.39. The van der Waals surface area contributed by atoms with Crippen molar-refractivity contribution < 1.29 is 9.84 Å². The minimum atomic E-state index is -0.282. The molecule has 2 aromatic rings. The van der Waals surface area contributed by atoms with Gasteiger partial charge in [0.25, 0.3) is 0 Å². The third kappa shape index (κ3) is 4.62. The summed E-state index contributed by atoms with van der Waals surface area (Å²) in [6.45, 7) is 0. The van der Waals surface area contributed by atoms with Gasteiger partial charge in [0, 0.05) is 4.88 Å². The summed E-state index contributed by atoms with van der Waals surface area (Å²) < 4.78 is 6.14. The molecule has 0 spiro atoms. The lowest BCUT2D eigenvalue weighted by Gasteiger charge is -2.11. The van der Waals surface area contributed by atoms with Crippen LogP contribution in [0.25, 0.3) is 0 Å². The summed E-state index contributed by atoms with van der Waals surface area (Å²) in [7, 11) is 1.65. The van der Waals surface area contributed by atoms with Gasteiger partial charge in [0.05, 0.1) is 17.7 Å². The van der Waals surface area contributed by atoms with Crippen molar-refractivity contribution in [2.75, 3.05) is 7.11 Å². The molecule has 1 N–H and O–H groups in total. The monoisotopic (exact) mass is 354 g/mol. The van der Waals surface area contributed by atoms with Crippen LogP contribution in [0.5, 0.6) is 5.75 Å². The number of hydrogen-bond acceptors (Lipinski definition) is 3. The van der Waals surface area contributed by atoms with Crippen LogP contribution < -0.4 is 4.74 Å². The molecule has 20 heavy (non-hydrogen) atoms. The SMILES string of the molecule is COc1ccc(CC(O)CCCc2cccs2)cc1Br. The number of benzene rings is 1. The van der Waals surface area contributed by atoms with Crippen LogP contribution in [0.2, 0.25) is 0 Å². The Morgan fingerprint density at radius 2 is 2.20 bits per heavy atom. The highest BCUT2D eigenvalue weighted by Crippen LogP contribution is 2.26. The summed E-state index contributed by atoms with van der Waals surface area (Å²) in [5, 5.41) is 12.2. The summed E-state index contributed by atoms with van der Waals surface area (Å²) in [5.41, 5.74) is 1.13. The molecule has 0 saturated carbocycles. The van der Waals surface area contributed by atoms with E-state index >= 15 is 0 Å². The Morgan fingerprint density at radius 1 is 1.35 bits per heavy atom. The van der Waals surface area contributed by atoms with Crippen LogP contribution in [0.15, 0.2) is 40.2 Å². The zero-order valence-electron chi connectivity index (χ0n) is 11.5. The van der Waals surface area contributed by atoms with Crippen molar-refractivity contribution >= 4 is 27.3 Å². The fourth-order valence-corrected chi connectivity index (χ4v) is 3.52. The number of aliphatic hydroxyl groups excluding tert-OH is 1. The van der Waals surface area contributed by atoms with E-state index in [0.29, 0.717) is 6.42 Å². The largest absolute Gasteiger partial charge is 0.496 e. The van der Waals surface area contributed by atoms with Crippen molar-refractivity contribution in [1.82, 2.24) is 0 Å². The lowest BCUT2D eigenvalue weighted by Crippen LogP contribution is -2.10. The van der Waals surface area contributed by atoms with Crippen LogP contribution in [0.1, 0.15) is 23.3 Å². The number of rotatable bonds is 7. The fraction of sp³-hybridized carbons (Fsp3) is 0.375. The molecule has 1 aromatic carbocycles. The quantitative estimate of drug-likeness (QED) is 0.795. The lowest BCUT2D eigenvalue weighted by molar-refractivity contribution is 0.162. The van der Waals surface area contributed by atoms with Crippen molar-refractivity contribution in [3.63, 3.8) is 0 Å². The summed E-state index contributed by atoms with van der Waals surface area (Å²) >= 11 is 5.25. The van der Waals surface area contributed by atoms with Crippen LogP contribution in [-0.4, -0.2) is 18.3 Å². The molecule has 2 rings (SSSR count). The highest BCUT2D eigenvalue weighted by atomic mass is 79.9. The summed E-state index contributed by atoms with van der Waals surface area (Å²) in [5.74, 6) is 0.820. The first-order chi connectivity index (χ1) is 9.69. The maximum Gasteiger partial charge on any atom is 0.133 e. The van der Waals surface area contributed by atoms with Crippen LogP contribution in [0.4, 0.5) is 0 Å². The van der Waals surface area contributed by atoms with Crippen molar-refractivity contribution in [2.45, 2.75) is 31.8 Å². The van der Waals surface area contributed by atoms with E-state index in [-0.39, 0.29) is 6.10 Å². The van der Waals surface area contributed by atoms with E-state index in [9.17, 15) is 5.11 Å². The third-order valence-corrected chi connectivity index (χ3v) is 4.78. The average molecular weight is 355 g/mol. The normalized spacial score (nSPS) is 12.3. The van der Waals surface area contributed by atoms with Crippen molar-refractivity contribution in [2.24, 2.45) is 0 Å². The van der Waals surface area contributed by atoms with Gasteiger partial charge in [-0.25, -0.2) is 0 Å². The molecule has 2 nitrogen and oxygen atoms in total. The summed E-state index contributed by atoms with van der Waals surface area (Å²) in [6, 6.07) is 10.2. The van der Waals surface area contributed by atoms with Crippen molar-refractivity contribution in [3.05, 3.63) is 50.6 Å². The Bertz CT molecular complexity index is 525. The second-order valence-electron chi connectivity index (χ2n) is 4.80. The second-order valence-corrected chi connectivity index (χ2v) is 6.69. The molecule has 0 aliphatic rings. The van der Waals surface area contributed by atoms with E-state index in [1.54, 1.807) is 18.4 Å². The smallest absolute Gasteiger partial charge is 0.133 e. The van der Waals surface area contributed by atoms with Crippen molar-refractivity contribution in [1.29, 1.82) is 0 Å². The Labute approximate surface area is 132 Å². The molecule has 0 amide bonds. The van der Waals surface area contributed by atoms with Gasteiger partial charge < -0.3 is 9.84 Å². The first-order valence-corrected chi connectivity index (χ1v) is 8.39. The zero-order valence-corrected chi connectivity index (χ0v) is 13.9. The molecule has 0 radical (unpaired) electrons. The van der Waals surface area contributed by atoms with E-state index in [0.717, 1.165) is 35.0 Å². The van der Waals surface area contributed by atoms with Crippen LogP contribution in [0.3, 0.4) is 0 Å². The number of hydrogen-bond donors (Lipinski definition) is 1. The molecule has 0 fully saturated rings. The molecule has 0 bridgehead atoms. The molecular weight excluding hydrogens is 336 g/mol. The number of methoxy groups -OCH3 is 1. The van der Waals surface area contributed by atoms with Gasteiger partial charge in [-0.1, -0.05) is 12.1 Å². The second kappa shape index (κ2) is 7.81. The average Bonchev–Trinajstić information content (AvgIpc) is 2.92. The van der Waals surface area contributed by atoms with Gasteiger partial charge in [-0.3, -0.25) is 0 Å². The van der Waals surface area contributed by atoms with E-state index in [2.05, 4.69) is 33.4 Å². The maximum absolute atomic E-state index is 10.1. The number of aliphatic hydroxyl groups is 1. The molecule has 0 aliphatic carbocycles. The number of thiophene rings is 1. The predicted octanol–water partition coefficient (Wildman–Crippen LogP) is 4.45. The van der Waals surface area contributed by atoms with E-state index in [1.807, 2.05) is 18.2 Å². The first-order valence-electron chi connectivity index (χ1n) is 6.72. The van der Waals surface area contributed by atoms with Gasteiger partial charge in [0.2, 0.25) is 0 Å². The highest BCUT2D eigenvalue weighted by Gasteiger charge is 2.08. The highest BCUT2D eigenvalue weighted by molar-refractivity contribution is 9.10. The number of halogens is 1. The van der Waals surface area contributed by atoms with Gasteiger partial charge >= 0.3 is 0 Å². The Morgan fingerprint density at radius 3 is 2.85 bits per heavy atom. The third-order valence-electron chi connectivity index (χ3n) is 3.23. The molecule has 108 valence electrons. The Hall–Kier alpha value is -0.840. The molecule has 1 heterocycles. The molecule has 0 saturated heterocycles. The topological polar surface area (TPSA) is 29.5 Å². The molecular formula is C16H19BrO2S. The molecule has 1 unspecified atom stereocenters. The van der Waals surface area contributed by atoms with Crippen molar-refractivity contribution in [3.8, 4) is 5.75 Å².